The van der Waals surface area contributed by atoms with Crippen molar-refractivity contribution in [1.29, 1.82) is 0 Å². The molecule has 0 aliphatic heterocycles. The minimum absolute atomic E-state index is 0.112. The number of nitrogens with zero attached hydrogens (tertiary/aromatic N) is 1. The third-order valence-electron chi connectivity index (χ3n) is 3.02. The molecule has 0 saturated carbocycles. The number of nitrogens with one attached hydrogen (secondary N) is 2. The second-order valence-electron chi connectivity index (χ2n) is 4.62. The van der Waals surface area contributed by atoms with Crippen molar-refractivity contribution in [3.63, 3.8) is 0 Å². The lowest BCUT2D eigenvalue weighted by atomic mass is 10.2. The van der Waals surface area contributed by atoms with Crippen LogP contribution in [0.2, 0.25) is 15.1 Å². The molecular weight excluding hydrogens is 409 g/mol. The number of anilines is 1. The monoisotopic (exact) mass is 415 g/mol. The Hall–Kier alpha value is -1.44. The van der Waals surface area contributed by atoms with Gasteiger partial charge in [0.05, 0.1) is 25.3 Å². The van der Waals surface area contributed by atoms with E-state index in [0.717, 1.165) is 4.70 Å². The number of hydrogen-bond donors (Lipinski definition) is 2. The minimum atomic E-state index is -0.403. The van der Waals surface area contributed by atoms with Crippen LogP contribution in [0.15, 0.2) is 36.4 Å². The fraction of sp³-hybridized carbons (Fsp3) is 0. The second kappa shape index (κ2) is 7.21. The number of hydrogen-bond acceptors (Lipinski definition) is 4. The Morgan fingerprint density at radius 1 is 1.08 bits per heavy atom. The highest BCUT2D eigenvalue weighted by Gasteiger charge is 2.14. The molecule has 1 amide bonds. The standard InChI is InChI=1S/C15H8Cl3N3OS2/c16-8-4-2-1-3-7(8)13(22)20-14(23)21-15-19-12-10(24-15)6-5-9(17)11(12)18/h1-6H,(H2,19,20,21,22,23). The molecule has 0 fully saturated rings. The summed E-state index contributed by atoms with van der Waals surface area (Å²) in [5, 5.41) is 7.18. The second-order valence-corrected chi connectivity index (χ2v) is 7.25. The molecule has 1 aromatic heterocycles. The molecule has 0 unspecified atom stereocenters. The van der Waals surface area contributed by atoms with E-state index in [-0.39, 0.29) is 5.11 Å². The topological polar surface area (TPSA) is 54.0 Å². The molecule has 0 spiro atoms. The Labute approximate surface area is 161 Å². The van der Waals surface area contributed by atoms with Crippen molar-refractivity contribution in [2.24, 2.45) is 0 Å². The van der Waals surface area contributed by atoms with Gasteiger partial charge in [-0.2, -0.15) is 0 Å². The Balaban J connectivity index is 1.74. The van der Waals surface area contributed by atoms with Crippen LogP contribution in [-0.4, -0.2) is 16.0 Å². The third kappa shape index (κ3) is 3.63. The summed E-state index contributed by atoms with van der Waals surface area (Å²) in [6.07, 6.45) is 0. The molecule has 2 N–H and O–H groups in total. The van der Waals surface area contributed by atoms with Gasteiger partial charge in [0.25, 0.3) is 5.91 Å². The lowest BCUT2D eigenvalue weighted by Gasteiger charge is -2.08. The van der Waals surface area contributed by atoms with Gasteiger partial charge in [0, 0.05) is 0 Å². The van der Waals surface area contributed by atoms with Gasteiger partial charge >= 0.3 is 0 Å². The van der Waals surface area contributed by atoms with Crippen LogP contribution < -0.4 is 10.6 Å². The fourth-order valence-electron chi connectivity index (χ4n) is 1.93. The van der Waals surface area contributed by atoms with Crippen LogP contribution in [0.25, 0.3) is 10.2 Å². The Morgan fingerprint density at radius 3 is 2.58 bits per heavy atom. The third-order valence-corrected chi connectivity index (χ3v) is 5.28. The van der Waals surface area contributed by atoms with E-state index >= 15 is 0 Å². The van der Waals surface area contributed by atoms with E-state index in [1.165, 1.54) is 11.3 Å². The predicted octanol–water partition coefficient (Wildman–Crippen LogP) is 5.38. The lowest BCUT2D eigenvalue weighted by molar-refractivity contribution is 0.0978. The zero-order chi connectivity index (χ0) is 17.3. The van der Waals surface area contributed by atoms with E-state index < -0.39 is 5.91 Å². The van der Waals surface area contributed by atoms with Crippen LogP contribution in [0.4, 0.5) is 5.13 Å². The predicted molar refractivity (Wildman–Crippen MR) is 105 cm³/mol. The summed E-state index contributed by atoms with van der Waals surface area (Å²) < 4.78 is 0.854. The van der Waals surface area contributed by atoms with Crippen LogP contribution in [0.3, 0.4) is 0 Å². The minimum Gasteiger partial charge on any atom is -0.308 e. The molecule has 0 saturated heterocycles. The zero-order valence-electron chi connectivity index (χ0n) is 11.8. The largest absolute Gasteiger partial charge is 0.308 e. The van der Waals surface area contributed by atoms with Gasteiger partial charge < -0.3 is 5.32 Å². The molecule has 24 heavy (non-hydrogen) atoms. The van der Waals surface area contributed by atoms with E-state index in [2.05, 4.69) is 15.6 Å². The zero-order valence-corrected chi connectivity index (χ0v) is 15.7. The summed E-state index contributed by atoms with van der Waals surface area (Å²) in [5.41, 5.74) is 0.916. The first-order valence-corrected chi connectivity index (χ1v) is 8.93. The van der Waals surface area contributed by atoms with Gasteiger partial charge in [-0.15, -0.1) is 0 Å². The molecule has 0 atom stereocenters. The van der Waals surface area contributed by atoms with Crippen molar-refractivity contribution in [3.05, 3.63) is 57.0 Å². The van der Waals surface area contributed by atoms with Crippen LogP contribution in [0.5, 0.6) is 0 Å². The molecule has 0 bridgehead atoms. The first kappa shape index (κ1) is 17.4. The van der Waals surface area contributed by atoms with Gasteiger partial charge in [-0.25, -0.2) is 4.98 Å². The lowest BCUT2D eigenvalue weighted by Crippen LogP contribution is -2.34. The highest BCUT2D eigenvalue weighted by atomic mass is 35.5. The summed E-state index contributed by atoms with van der Waals surface area (Å²) in [4.78, 5) is 16.5. The van der Waals surface area contributed by atoms with E-state index in [1.54, 1.807) is 30.3 Å². The first-order chi connectivity index (χ1) is 11.5. The molecule has 3 rings (SSSR count). The maximum absolute atomic E-state index is 12.2. The molecule has 0 radical (unpaired) electrons. The van der Waals surface area contributed by atoms with Crippen molar-refractivity contribution in [2.45, 2.75) is 0 Å². The van der Waals surface area contributed by atoms with Gasteiger partial charge in [0.15, 0.2) is 10.2 Å². The number of halogens is 3. The maximum Gasteiger partial charge on any atom is 0.258 e. The summed E-state index contributed by atoms with van der Waals surface area (Å²) in [6, 6.07) is 10.2. The number of carbonyl (C=O) groups is 1. The van der Waals surface area contributed by atoms with Gasteiger partial charge in [-0.3, -0.25) is 10.1 Å². The quantitative estimate of drug-likeness (QED) is 0.550. The highest BCUT2D eigenvalue weighted by Crippen LogP contribution is 2.35. The SMILES string of the molecule is O=C(NC(=S)Nc1nc2c(Cl)c(Cl)ccc2s1)c1ccccc1Cl. The van der Waals surface area contributed by atoms with Gasteiger partial charge in [0.2, 0.25) is 0 Å². The average Bonchev–Trinajstić information content (AvgIpc) is 2.94. The Kier molecular flexibility index (Phi) is 5.22. The molecule has 3 aromatic rings. The van der Waals surface area contributed by atoms with Gasteiger partial charge in [-0.1, -0.05) is 58.3 Å². The van der Waals surface area contributed by atoms with Crippen molar-refractivity contribution in [2.75, 3.05) is 5.32 Å². The molecule has 0 aliphatic rings. The molecule has 0 aliphatic carbocycles. The van der Waals surface area contributed by atoms with Crippen molar-refractivity contribution < 1.29 is 4.79 Å². The van der Waals surface area contributed by atoms with Crippen LogP contribution in [0.1, 0.15) is 10.4 Å². The van der Waals surface area contributed by atoms with E-state index in [4.69, 9.17) is 47.0 Å². The summed E-state index contributed by atoms with van der Waals surface area (Å²) in [5.74, 6) is -0.403. The number of benzene rings is 2. The Bertz CT molecular complexity index is 958. The molecule has 2 aromatic carbocycles. The van der Waals surface area contributed by atoms with Crippen molar-refractivity contribution in [3.8, 4) is 0 Å². The maximum atomic E-state index is 12.2. The van der Waals surface area contributed by atoms with Crippen LogP contribution in [-0.2, 0) is 0 Å². The highest BCUT2D eigenvalue weighted by molar-refractivity contribution is 7.80. The Morgan fingerprint density at radius 2 is 1.83 bits per heavy atom. The van der Waals surface area contributed by atoms with Gasteiger partial charge in [-0.05, 0) is 36.5 Å². The number of rotatable bonds is 2. The summed E-state index contributed by atoms with van der Waals surface area (Å²) >= 11 is 24.6. The number of carbonyl (C=O) groups excluding carboxylic acids is 1. The first-order valence-electron chi connectivity index (χ1n) is 6.57. The van der Waals surface area contributed by atoms with Crippen molar-refractivity contribution in [1.82, 2.24) is 10.3 Å². The smallest absolute Gasteiger partial charge is 0.258 e. The molecule has 4 nitrogen and oxygen atoms in total. The normalized spacial score (nSPS) is 10.6. The van der Waals surface area contributed by atoms with E-state index in [9.17, 15) is 4.79 Å². The number of amides is 1. The van der Waals surface area contributed by atoms with Crippen molar-refractivity contribution >= 4 is 84.7 Å². The molecular formula is C15H8Cl3N3OS2. The number of aromatic nitrogens is 1. The van der Waals surface area contributed by atoms with E-state index in [1.807, 2.05) is 6.07 Å². The van der Waals surface area contributed by atoms with Crippen LogP contribution in [0, 0.1) is 0 Å². The average molecular weight is 417 g/mol. The molecule has 122 valence electrons. The number of fused-ring (bicyclic) bond motifs is 1. The number of thiocarbonyl (C=S) groups is 1. The summed E-state index contributed by atoms with van der Waals surface area (Å²) in [6.45, 7) is 0. The fourth-order valence-corrected chi connectivity index (χ4v) is 3.70. The summed E-state index contributed by atoms with van der Waals surface area (Å²) in [7, 11) is 0. The number of thiazole rings is 1. The van der Waals surface area contributed by atoms with E-state index in [0.29, 0.717) is 31.3 Å². The van der Waals surface area contributed by atoms with Gasteiger partial charge in [0.1, 0.15) is 5.52 Å². The molecule has 9 heteroatoms. The van der Waals surface area contributed by atoms with Crippen LogP contribution >= 0.6 is 58.4 Å². The molecule has 1 heterocycles.